The molecule has 0 aliphatic heterocycles. The van der Waals surface area contributed by atoms with E-state index >= 15 is 0 Å². The van der Waals surface area contributed by atoms with E-state index < -0.39 is 10.0 Å². The second kappa shape index (κ2) is 6.37. The minimum absolute atomic E-state index is 0.165. The molecule has 19 heavy (non-hydrogen) atoms. The summed E-state index contributed by atoms with van der Waals surface area (Å²) < 4.78 is 26.8. The van der Waals surface area contributed by atoms with E-state index in [1.807, 2.05) is 6.92 Å². The predicted molar refractivity (Wildman–Crippen MR) is 77.8 cm³/mol. The maximum atomic E-state index is 12.1. The number of alkyl halides is 1. The van der Waals surface area contributed by atoms with Crippen LogP contribution in [0.3, 0.4) is 0 Å². The van der Waals surface area contributed by atoms with Gasteiger partial charge in [-0.15, -0.1) is 0 Å². The molecule has 1 aliphatic carbocycles. The molecule has 0 aromatic carbocycles. The number of nitrogens with zero attached hydrogens (tertiary/aromatic N) is 1. The molecule has 0 amide bonds. The lowest BCUT2D eigenvalue weighted by Crippen LogP contribution is -2.31. The van der Waals surface area contributed by atoms with Gasteiger partial charge in [-0.2, -0.15) is 0 Å². The van der Waals surface area contributed by atoms with E-state index in [0.29, 0.717) is 29.5 Å². The third kappa shape index (κ3) is 4.03. The molecule has 1 heterocycles. The van der Waals surface area contributed by atoms with Gasteiger partial charge in [-0.25, -0.2) is 18.1 Å². The Bertz CT molecular complexity index is 507. The van der Waals surface area contributed by atoms with Crippen molar-refractivity contribution in [1.82, 2.24) is 14.7 Å². The molecule has 1 saturated carbocycles. The van der Waals surface area contributed by atoms with Gasteiger partial charge >= 0.3 is 0 Å². The van der Waals surface area contributed by atoms with Crippen LogP contribution in [0.25, 0.3) is 0 Å². The molecule has 1 fully saturated rings. The Morgan fingerprint density at radius 1 is 1.42 bits per heavy atom. The van der Waals surface area contributed by atoms with Gasteiger partial charge in [0.15, 0.2) is 5.03 Å². The van der Waals surface area contributed by atoms with E-state index in [0.717, 1.165) is 25.7 Å². The zero-order chi connectivity index (χ0) is 13.9. The Balaban J connectivity index is 1.90. The van der Waals surface area contributed by atoms with Gasteiger partial charge in [0.1, 0.15) is 5.82 Å². The molecule has 0 radical (unpaired) electrons. The third-order valence-electron chi connectivity index (χ3n) is 3.57. The number of H-pyrrole nitrogens is 1. The van der Waals surface area contributed by atoms with E-state index in [-0.39, 0.29) is 5.03 Å². The first-order valence-corrected chi connectivity index (χ1v) is 9.08. The molecular weight excluding hydrogens is 330 g/mol. The number of halogens is 1. The SMILES string of the molecule is CCc1ncc(S(=O)(=O)NCC2CCC(Br)CC2)[nH]1. The van der Waals surface area contributed by atoms with Gasteiger partial charge in [-0.1, -0.05) is 22.9 Å². The summed E-state index contributed by atoms with van der Waals surface area (Å²) in [6.07, 6.45) is 6.47. The largest absolute Gasteiger partial charge is 0.332 e. The van der Waals surface area contributed by atoms with Crippen LogP contribution in [0.15, 0.2) is 11.2 Å². The van der Waals surface area contributed by atoms with Crippen LogP contribution in [-0.2, 0) is 16.4 Å². The Labute approximate surface area is 122 Å². The number of rotatable bonds is 5. The second-order valence-electron chi connectivity index (χ2n) is 5.02. The van der Waals surface area contributed by atoms with Crippen molar-refractivity contribution in [2.75, 3.05) is 6.54 Å². The van der Waals surface area contributed by atoms with Crippen LogP contribution in [0.5, 0.6) is 0 Å². The lowest BCUT2D eigenvalue weighted by molar-refractivity contribution is 0.366. The number of hydrogen-bond donors (Lipinski definition) is 2. The first-order valence-electron chi connectivity index (χ1n) is 6.69. The van der Waals surface area contributed by atoms with Crippen molar-refractivity contribution in [3.8, 4) is 0 Å². The molecule has 0 bridgehead atoms. The minimum atomic E-state index is -3.44. The average molecular weight is 350 g/mol. The van der Waals surface area contributed by atoms with E-state index in [9.17, 15) is 8.42 Å². The maximum Gasteiger partial charge on any atom is 0.257 e. The van der Waals surface area contributed by atoms with Crippen molar-refractivity contribution < 1.29 is 8.42 Å². The number of sulfonamides is 1. The van der Waals surface area contributed by atoms with Crippen LogP contribution in [-0.4, -0.2) is 29.8 Å². The fourth-order valence-corrected chi connectivity index (χ4v) is 3.87. The highest BCUT2D eigenvalue weighted by atomic mass is 79.9. The Kier molecular flexibility index (Phi) is 5.03. The summed E-state index contributed by atoms with van der Waals surface area (Å²) in [7, 11) is -3.44. The summed E-state index contributed by atoms with van der Waals surface area (Å²) in [6.45, 7) is 2.45. The fourth-order valence-electron chi connectivity index (χ4n) is 2.29. The Morgan fingerprint density at radius 3 is 2.68 bits per heavy atom. The van der Waals surface area contributed by atoms with Gasteiger partial charge in [-0.3, -0.25) is 0 Å². The lowest BCUT2D eigenvalue weighted by Gasteiger charge is -2.25. The van der Waals surface area contributed by atoms with Crippen molar-refractivity contribution in [2.24, 2.45) is 5.92 Å². The van der Waals surface area contributed by atoms with Crippen LogP contribution >= 0.6 is 15.9 Å². The lowest BCUT2D eigenvalue weighted by atomic mass is 9.89. The van der Waals surface area contributed by atoms with E-state index in [4.69, 9.17) is 0 Å². The molecule has 0 atom stereocenters. The summed E-state index contributed by atoms with van der Waals surface area (Å²) in [5, 5.41) is 0.165. The van der Waals surface area contributed by atoms with Crippen molar-refractivity contribution in [3.63, 3.8) is 0 Å². The predicted octanol–water partition coefficient (Wildman–Crippen LogP) is 2.20. The van der Waals surface area contributed by atoms with Gasteiger partial charge in [0, 0.05) is 17.8 Å². The number of nitrogens with one attached hydrogen (secondary N) is 2. The number of aryl methyl sites for hydroxylation is 1. The molecule has 0 unspecified atom stereocenters. The minimum Gasteiger partial charge on any atom is -0.332 e. The summed E-state index contributed by atoms with van der Waals surface area (Å²) in [5.41, 5.74) is 0. The van der Waals surface area contributed by atoms with Crippen LogP contribution in [0.2, 0.25) is 0 Å². The third-order valence-corrected chi connectivity index (χ3v) is 5.82. The number of hydrogen-bond acceptors (Lipinski definition) is 3. The monoisotopic (exact) mass is 349 g/mol. The zero-order valence-corrected chi connectivity index (χ0v) is 13.4. The van der Waals surface area contributed by atoms with Gasteiger partial charge < -0.3 is 4.98 Å². The highest BCUT2D eigenvalue weighted by Crippen LogP contribution is 2.28. The number of imidazole rings is 1. The number of aromatic amines is 1. The molecule has 0 saturated heterocycles. The number of aromatic nitrogens is 2. The topological polar surface area (TPSA) is 74.8 Å². The van der Waals surface area contributed by atoms with Gasteiger partial charge in [0.25, 0.3) is 10.0 Å². The molecule has 1 aliphatic rings. The zero-order valence-electron chi connectivity index (χ0n) is 11.0. The molecule has 1 aromatic heterocycles. The smallest absolute Gasteiger partial charge is 0.257 e. The molecule has 2 N–H and O–H groups in total. The maximum absolute atomic E-state index is 12.1. The van der Waals surface area contributed by atoms with Crippen LogP contribution in [0.4, 0.5) is 0 Å². The molecule has 5 nitrogen and oxygen atoms in total. The highest BCUT2D eigenvalue weighted by Gasteiger charge is 2.22. The molecule has 1 aromatic rings. The molecule has 7 heteroatoms. The van der Waals surface area contributed by atoms with Gasteiger partial charge in [-0.05, 0) is 31.6 Å². The van der Waals surface area contributed by atoms with Crippen molar-refractivity contribution >= 4 is 26.0 Å². The van der Waals surface area contributed by atoms with Crippen molar-refractivity contribution in [2.45, 2.75) is 48.9 Å². The normalized spacial score (nSPS) is 24.5. The highest BCUT2D eigenvalue weighted by molar-refractivity contribution is 9.09. The second-order valence-corrected chi connectivity index (χ2v) is 8.05. The van der Waals surface area contributed by atoms with Gasteiger partial charge in [0.05, 0.1) is 6.20 Å². The Morgan fingerprint density at radius 2 is 2.11 bits per heavy atom. The molecule has 108 valence electrons. The first kappa shape index (κ1) is 15.0. The van der Waals surface area contributed by atoms with E-state index in [2.05, 4.69) is 30.6 Å². The Hall–Kier alpha value is -0.400. The fraction of sp³-hybridized carbons (Fsp3) is 0.750. The van der Waals surface area contributed by atoms with Crippen molar-refractivity contribution in [1.29, 1.82) is 0 Å². The first-order chi connectivity index (χ1) is 9.01. The van der Waals surface area contributed by atoms with Crippen LogP contribution in [0.1, 0.15) is 38.4 Å². The summed E-state index contributed by atoms with van der Waals surface area (Å²) in [4.78, 5) is 7.45. The molecule has 0 spiro atoms. The average Bonchev–Trinajstić information content (AvgIpc) is 2.88. The quantitative estimate of drug-likeness (QED) is 0.800. The molecular formula is C12H20BrN3O2S. The summed E-state index contributed by atoms with van der Waals surface area (Å²) in [6, 6.07) is 0. The summed E-state index contributed by atoms with van der Waals surface area (Å²) in [5.74, 6) is 1.14. The standard InChI is InChI=1S/C12H20BrN3O2S/c1-2-11-14-8-12(16-11)19(17,18)15-7-9-3-5-10(13)6-4-9/h8-10,15H,2-7H2,1H3,(H,14,16). The van der Waals surface area contributed by atoms with Crippen LogP contribution in [0, 0.1) is 5.92 Å². The van der Waals surface area contributed by atoms with Gasteiger partial charge in [0.2, 0.25) is 0 Å². The van der Waals surface area contributed by atoms with E-state index in [1.165, 1.54) is 6.20 Å². The van der Waals surface area contributed by atoms with E-state index in [1.54, 1.807) is 0 Å². The van der Waals surface area contributed by atoms with Crippen LogP contribution < -0.4 is 4.72 Å². The van der Waals surface area contributed by atoms with Crippen molar-refractivity contribution in [3.05, 3.63) is 12.0 Å². The molecule has 2 rings (SSSR count). The summed E-state index contributed by atoms with van der Waals surface area (Å²) >= 11 is 3.60.